The van der Waals surface area contributed by atoms with Crippen molar-refractivity contribution in [3.63, 3.8) is 0 Å². The lowest BCUT2D eigenvalue weighted by Gasteiger charge is -2.31. The number of benzene rings is 1. The van der Waals surface area contributed by atoms with Crippen molar-refractivity contribution in [3.8, 4) is 0 Å². The molecule has 1 aliphatic carbocycles. The van der Waals surface area contributed by atoms with Gasteiger partial charge in [0.1, 0.15) is 11.9 Å². The molecule has 0 aliphatic heterocycles. The summed E-state index contributed by atoms with van der Waals surface area (Å²) in [6.45, 7) is 1.63. The van der Waals surface area contributed by atoms with Gasteiger partial charge in [-0.15, -0.1) is 0 Å². The van der Waals surface area contributed by atoms with Gasteiger partial charge in [0.05, 0.1) is 16.6 Å². The third kappa shape index (κ3) is 3.27. The van der Waals surface area contributed by atoms with Crippen molar-refractivity contribution in [1.82, 2.24) is 13.9 Å². The van der Waals surface area contributed by atoms with Crippen molar-refractivity contribution < 1.29 is 22.7 Å². The van der Waals surface area contributed by atoms with Crippen molar-refractivity contribution in [3.05, 3.63) is 59.8 Å². The second-order valence-electron chi connectivity index (χ2n) is 7.57. The van der Waals surface area contributed by atoms with E-state index in [1.165, 1.54) is 23.5 Å². The van der Waals surface area contributed by atoms with Gasteiger partial charge >= 0.3 is 5.97 Å². The number of carboxylic acid groups (broad SMARTS) is 1. The minimum absolute atomic E-state index is 0.0447. The molecule has 2 unspecified atom stereocenters. The first-order chi connectivity index (χ1) is 14.2. The van der Waals surface area contributed by atoms with Crippen LogP contribution in [0.5, 0.6) is 0 Å². The summed E-state index contributed by atoms with van der Waals surface area (Å²) in [5, 5.41) is 10.4. The van der Waals surface area contributed by atoms with E-state index < -0.39 is 27.9 Å². The molecule has 0 amide bonds. The molecular weight excluding hydrogens is 409 g/mol. The molecule has 7 nitrogen and oxygen atoms in total. The number of fused-ring (bicyclic) bond motifs is 3. The van der Waals surface area contributed by atoms with E-state index in [0.29, 0.717) is 19.3 Å². The van der Waals surface area contributed by atoms with Crippen LogP contribution in [0.3, 0.4) is 0 Å². The van der Waals surface area contributed by atoms with Crippen LogP contribution in [0.25, 0.3) is 10.9 Å². The molecule has 1 aliphatic rings. The Labute approximate surface area is 173 Å². The molecular formula is C21H22FN3O4S. The molecule has 0 spiro atoms. The topological polar surface area (TPSA) is 92.5 Å². The van der Waals surface area contributed by atoms with Gasteiger partial charge in [-0.3, -0.25) is 4.98 Å². The normalized spacial score (nSPS) is 17.8. The lowest BCUT2D eigenvalue weighted by atomic mass is 9.91. The highest BCUT2D eigenvalue weighted by Gasteiger charge is 2.34. The second-order valence-corrected chi connectivity index (χ2v) is 9.57. The monoisotopic (exact) mass is 431 g/mol. The SMILES string of the molecule is CC(C(=O)O)n1c2c(c3ccncc31)CC(N(C)S(=O)(=O)c1ccc(F)cc1)CC2. The number of hydrogen-bond acceptors (Lipinski definition) is 4. The molecule has 0 bridgehead atoms. The van der Waals surface area contributed by atoms with Crippen LogP contribution in [-0.4, -0.2) is 46.4 Å². The van der Waals surface area contributed by atoms with Crippen LogP contribution in [0.4, 0.5) is 4.39 Å². The third-order valence-corrected chi connectivity index (χ3v) is 7.85. The van der Waals surface area contributed by atoms with E-state index >= 15 is 0 Å². The quantitative estimate of drug-likeness (QED) is 0.670. The zero-order valence-electron chi connectivity index (χ0n) is 16.6. The Hall–Kier alpha value is -2.78. The predicted molar refractivity (Wildman–Crippen MR) is 109 cm³/mol. The lowest BCUT2D eigenvalue weighted by molar-refractivity contribution is -0.140. The van der Waals surface area contributed by atoms with Gasteiger partial charge in [-0.2, -0.15) is 4.31 Å². The maximum atomic E-state index is 13.2. The van der Waals surface area contributed by atoms with Gasteiger partial charge in [0.25, 0.3) is 0 Å². The van der Waals surface area contributed by atoms with Gasteiger partial charge in [0, 0.05) is 30.4 Å². The van der Waals surface area contributed by atoms with Crippen molar-refractivity contribution in [2.75, 3.05) is 7.05 Å². The minimum atomic E-state index is -3.78. The lowest BCUT2D eigenvalue weighted by Crippen LogP contribution is -2.40. The smallest absolute Gasteiger partial charge is 0.326 e. The van der Waals surface area contributed by atoms with Crippen molar-refractivity contribution in [1.29, 1.82) is 0 Å². The fraction of sp³-hybridized carbons (Fsp3) is 0.333. The highest BCUT2D eigenvalue weighted by molar-refractivity contribution is 7.89. The number of halogens is 1. The molecule has 1 N–H and O–H groups in total. The third-order valence-electron chi connectivity index (χ3n) is 5.93. The summed E-state index contributed by atoms with van der Waals surface area (Å²) in [4.78, 5) is 15.8. The van der Waals surface area contributed by atoms with Gasteiger partial charge in [-0.25, -0.2) is 17.6 Å². The van der Waals surface area contributed by atoms with E-state index in [4.69, 9.17) is 0 Å². The van der Waals surface area contributed by atoms with Crippen LogP contribution in [-0.2, 0) is 27.7 Å². The van der Waals surface area contributed by atoms with E-state index in [1.54, 1.807) is 23.9 Å². The number of pyridine rings is 1. The number of nitrogens with zero attached hydrogens (tertiary/aromatic N) is 3. The number of aromatic nitrogens is 2. The fourth-order valence-electron chi connectivity index (χ4n) is 4.25. The summed E-state index contributed by atoms with van der Waals surface area (Å²) in [7, 11) is -2.24. The number of likely N-dealkylation sites (N-methyl/N-ethyl adjacent to an activating group) is 1. The van der Waals surface area contributed by atoms with E-state index in [2.05, 4.69) is 4.98 Å². The van der Waals surface area contributed by atoms with Gasteiger partial charge in [-0.05, 0) is 62.1 Å². The van der Waals surface area contributed by atoms with Crippen molar-refractivity contribution >= 4 is 26.9 Å². The van der Waals surface area contributed by atoms with Crippen molar-refractivity contribution in [2.45, 2.75) is 43.2 Å². The molecule has 0 saturated carbocycles. The first-order valence-electron chi connectivity index (χ1n) is 9.64. The largest absolute Gasteiger partial charge is 0.480 e. The summed E-state index contributed by atoms with van der Waals surface area (Å²) in [6, 6.07) is 5.60. The van der Waals surface area contributed by atoms with Crippen molar-refractivity contribution in [2.24, 2.45) is 0 Å². The zero-order chi connectivity index (χ0) is 21.6. The molecule has 2 aromatic heterocycles. The molecule has 2 atom stereocenters. The Kier molecular flexibility index (Phi) is 5.11. The minimum Gasteiger partial charge on any atom is -0.480 e. The Bertz CT molecular complexity index is 1220. The highest BCUT2D eigenvalue weighted by atomic mass is 32.2. The molecule has 9 heteroatoms. The van der Waals surface area contributed by atoms with Crippen LogP contribution in [0.15, 0.2) is 47.6 Å². The van der Waals surface area contributed by atoms with Crippen LogP contribution in [0, 0.1) is 5.82 Å². The number of rotatable bonds is 5. The maximum absolute atomic E-state index is 13.2. The zero-order valence-corrected chi connectivity index (χ0v) is 17.4. The highest BCUT2D eigenvalue weighted by Crippen LogP contribution is 2.36. The van der Waals surface area contributed by atoms with Crippen LogP contribution < -0.4 is 0 Å². The molecule has 2 heterocycles. The standard InChI is InChI=1S/C21H22FN3O4S/c1-13(21(26)27)25-19-8-5-15(11-18(19)17-9-10-23-12-20(17)25)24(2)30(28,29)16-6-3-14(22)4-7-16/h3-4,6-7,9-10,12-13,15H,5,8,11H2,1-2H3,(H,26,27). The van der Waals surface area contributed by atoms with E-state index in [1.807, 2.05) is 6.07 Å². The summed E-state index contributed by atoms with van der Waals surface area (Å²) < 4.78 is 42.4. The van der Waals surface area contributed by atoms with E-state index in [9.17, 15) is 22.7 Å². The summed E-state index contributed by atoms with van der Waals surface area (Å²) in [5.74, 6) is -1.43. The molecule has 1 aromatic carbocycles. The Balaban J connectivity index is 1.72. The van der Waals surface area contributed by atoms with Crippen LogP contribution >= 0.6 is 0 Å². The molecule has 3 aromatic rings. The molecule has 0 fully saturated rings. The average Bonchev–Trinajstić information content (AvgIpc) is 3.06. The van der Waals surface area contributed by atoms with Gasteiger partial charge < -0.3 is 9.67 Å². The summed E-state index contributed by atoms with van der Waals surface area (Å²) in [6.07, 6.45) is 4.88. The number of sulfonamides is 1. The number of hydrogen-bond donors (Lipinski definition) is 1. The Morgan fingerprint density at radius 3 is 2.67 bits per heavy atom. The van der Waals surface area contributed by atoms with Crippen LogP contribution in [0.1, 0.15) is 30.6 Å². The Morgan fingerprint density at radius 1 is 1.30 bits per heavy atom. The van der Waals surface area contributed by atoms with Gasteiger partial charge in [0.15, 0.2) is 0 Å². The number of carbonyl (C=O) groups is 1. The number of aliphatic carboxylic acids is 1. The Morgan fingerprint density at radius 2 is 2.00 bits per heavy atom. The van der Waals surface area contributed by atoms with Gasteiger partial charge in [0.2, 0.25) is 10.0 Å². The van der Waals surface area contributed by atoms with E-state index in [-0.39, 0.29) is 10.9 Å². The first kappa shape index (κ1) is 20.5. The molecule has 158 valence electrons. The predicted octanol–water partition coefficient (Wildman–Crippen LogP) is 3.00. The first-order valence-corrected chi connectivity index (χ1v) is 11.1. The van der Waals surface area contributed by atoms with Crippen LogP contribution in [0.2, 0.25) is 0 Å². The molecule has 0 saturated heterocycles. The fourth-order valence-corrected chi connectivity index (χ4v) is 5.64. The second kappa shape index (κ2) is 7.48. The molecule has 30 heavy (non-hydrogen) atoms. The van der Waals surface area contributed by atoms with Gasteiger partial charge in [-0.1, -0.05) is 0 Å². The summed E-state index contributed by atoms with van der Waals surface area (Å²) in [5.41, 5.74) is 2.61. The average molecular weight is 431 g/mol. The number of carboxylic acids is 1. The van der Waals surface area contributed by atoms with E-state index in [0.717, 1.165) is 34.3 Å². The molecule has 4 rings (SSSR count). The molecule has 0 radical (unpaired) electrons. The maximum Gasteiger partial charge on any atom is 0.326 e. The summed E-state index contributed by atoms with van der Waals surface area (Å²) >= 11 is 0.